The molecular formula is C25H26FN7O3. The molecule has 7 rings (SSSR count). The molecule has 1 N–H and O–H groups in total. The van der Waals surface area contributed by atoms with Gasteiger partial charge in [0.05, 0.1) is 35.1 Å². The largest absolute Gasteiger partial charge is 0.357 e. The summed E-state index contributed by atoms with van der Waals surface area (Å²) in [6, 6.07) is 0. The van der Waals surface area contributed by atoms with E-state index in [1.54, 1.807) is 6.20 Å². The van der Waals surface area contributed by atoms with Gasteiger partial charge in [-0.1, -0.05) is 12.1 Å². The number of fused-ring (bicyclic) bond motifs is 1. The molecule has 4 aliphatic rings. The summed E-state index contributed by atoms with van der Waals surface area (Å²) in [5.74, 6) is 1.06. The quantitative estimate of drug-likeness (QED) is 0.440. The first-order chi connectivity index (χ1) is 17.4. The van der Waals surface area contributed by atoms with E-state index in [1.807, 2.05) is 4.90 Å². The van der Waals surface area contributed by atoms with Crippen LogP contribution in [0.4, 0.5) is 4.39 Å². The summed E-state index contributed by atoms with van der Waals surface area (Å²) in [4.78, 5) is 50.0. The molecule has 5 atom stereocenters. The molecule has 0 radical (unpaired) electrons. The molecule has 5 unspecified atom stereocenters. The number of halogens is 1. The van der Waals surface area contributed by atoms with Crippen LogP contribution in [0.1, 0.15) is 36.5 Å². The van der Waals surface area contributed by atoms with Crippen molar-refractivity contribution in [2.75, 3.05) is 26.2 Å². The van der Waals surface area contributed by atoms with Gasteiger partial charge in [-0.15, -0.1) is 5.10 Å². The van der Waals surface area contributed by atoms with Crippen molar-refractivity contribution in [3.63, 3.8) is 0 Å². The fourth-order valence-electron chi connectivity index (χ4n) is 7.44. The number of pyridine rings is 1. The molecule has 10 nitrogen and oxygen atoms in total. The lowest BCUT2D eigenvalue weighted by molar-refractivity contribution is -0.151. The standard InChI is InChI=1S/C25H26FN7O3/c1-25(10-14-8-13-9-16(25)18(13)14)24(36)32-6-4-31(5-7-32)23(35)21(34)15-11-27-20-19(15)17(26)12-28-22(20)33-3-2-29-30-33/h2-3,11-14,16,18,27H,4-10H2,1H3. The molecule has 3 aliphatic carbocycles. The van der Waals surface area contributed by atoms with E-state index in [2.05, 4.69) is 27.2 Å². The van der Waals surface area contributed by atoms with Crippen molar-refractivity contribution in [2.45, 2.75) is 26.2 Å². The number of nitrogens with zero attached hydrogens (tertiary/aromatic N) is 6. The Balaban J connectivity index is 1.07. The fraction of sp³-hybridized carbons (Fsp3) is 0.520. The van der Waals surface area contributed by atoms with E-state index in [9.17, 15) is 18.8 Å². The summed E-state index contributed by atoms with van der Waals surface area (Å²) >= 11 is 0. The maximum absolute atomic E-state index is 14.7. The van der Waals surface area contributed by atoms with Gasteiger partial charge in [0.1, 0.15) is 0 Å². The smallest absolute Gasteiger partial charge is 0.295 e. The molecule has 36 heavy (non-hydrogen) atoms. The predicted molar refractivity (Wildman–Crippen MR) is 124 cm³/mol. The van der Waals surface area contributed by atoms with E-state index < -0.39 is 17.5 Å². The highest BCUT2D eigenvalue weighted by Gasteiger charge is 2.68. The second-order valence-corrected chi connectivity index (χ2v) is 10.9. The van der Waals surface area contributed by atoms with Gasteiger partial charge in [-0.3, -0.25) is 14.4 Å². The minimum Gasteiger partial charge on any atom is -0.357 e. The third-order valence-electron chi connectivity index (χ3n) is 9.28. The summed E-state index contributed by atoms with van der Waals surface area (Å²) in [5.41, 5.74) is -0.0887. The molecule has 0 spiro atoms. The molecule has 11 heteroatoms. The zero-order valence-corrected chi connectivity index (χ0v) is 19.9. The minimum atomic E-state index is -0.796. The highest BCUT2D eigenvalue weighted by atomic mass is 19.1. The Bertz CT molecular complexity index is 1410. The van der Waals surface area contributed by atoms with Crippen molar-refractivity contribution in [2.24, 2.45) is 29.1 Å². The minimum absolute atomic E-state index is 0.00902. The van der Waals surface area contributed by atoms with Crippen molar-refractivity contribution in [3.8, 4) is 5.82 Å². The number of ketones is 1. The zero-order chi connectivity index (χ0) is 24.8. The van der Waals surface area contributed by atoms with E-state index in [0.29, 0.717) is 24.9 Å². The van der Waals surface area contributed by atoms with E-state index in [0.717, 1.165) is 24.5 Å². The number of aromatic nitrogens is 5. The van der Waals surface area contributed by atoms with Gasteiger partial charge in [0, 0.05) is 37.8 Å². The van der Waals surface area contributed by atoms with Crippen LogP contribution in [0.3, 0.4) is 0 Å². The SMILES string of the molecule is CC1(C(=O)N2CCN(C(=O)C(=O)c3c[nH]c4c(-n5ccnn5)ncc(F)c34)CC2)CC2CC3CC1C32. The zero-order valence-electron chi connectivity index (χ0n) is 19.9. The highest BCUT2D eigenvalue weighted by molar-refractivity contribution is 6.45. The molecule has 186 valence electrons. The van der Waals surface area contributed by atoms with Crippen LogP contribution < -0.4 is 0 Å². The first kappa shape index (κ1) is 21.6. The van der Waals surface area contributed by atoms with E-state index in [4.69, 9.17) is 0 Å². The van der Waals surface area contributed by atoms with Crippen molar-refractivity contribution in [1.29, 1.82) is 0 Å². The average molecular weight is 492 g/mol. The van der Waals surface area contributed by atoms with Crippen LogP contribution >= 0.6 is 0 Å². The first-order valence-corrected chi connectivity index (χ1v) is 12.5. The Morgan fingerprint density at radius 2 is 1.89 bits per heavy atom. The van der Waals surface area contributed by atoms with Crippen LogP contribution in [-0.2, 0) is 9.59 Å². The van der Waals surface area contributed by atoms with Crippen LogP contribution in [0.2, 0.25) is 0 Å². The maximum atomic E-state index is 14.7. The molecule has 1 saturated heterocycles. The predicted octanol–water partition coefficient (Wildman–Crippen LogP) is 1.82. The van der Waals surface area contributed by atoms with E-state index >= 15 is 0 Å². The van der Waals surface area contributed by atoms with E-state index in [1.165, 1.54) is 34.8 Å². The van der Waals surface area contributed by atoms with Crippen LogP contribution in [0.5, 0.6) is 0 Å². The van der Waals surface area contributed by atoms with Gasteiger partial charge in [-0.05, 0) is 42.9 Å². The van der Waals surface area contributed by atoms with Gasteiger partial charge in [-0.2, -0.15) is 0 Å². The van der Waals surface area contributed by atoms with Gasteiger partial charge in [0.15, 0.2) is 11.6 Å². The molecule has 3 saturated carbocycles. The van der Waals surface area contributed by atoms with Gasteiger partial charge in [0.2, 0.25) is 5.91 Å². The molecule has 1 aliphatic heterocycles. The first-order valence-electron chi connectivity index (χ1n) is 12.5. The number of nitrogens with one attached hydrogen (secondary N) is 1. The summed E-state index contributed by atoms with van der Waals surface area (Å²) in [7, 11) is 0. The second-order valence-electron chi connectivity index (χ2n) is 10.9. The molecule has 0 bridgehead atoms. The third kappa shape index (κ3) is 2.82. The Kier molecular flexibility index (Phi) is 4.47. The lowest BCUT2D eigenvalue weighted by Crippen LogP contribution is -2.57. The van der Waals surface area contributed by atoms with Gasteiger partial charge < -0.3 is 14.8 Å². The number of hydrogen-bond donors (Lipinski definition) is 1. The molecule has 4 heterocycles. The number of hydrogen-bond acceptors (Lipinski definition) is 6. The maximum Gasteiger partial charge on any atom is 0.295 e. The number of rotatable bonds is 4. The number of amides is 2. The van der Waals surface area contributed by atoms with Crippen LogP contribution in [0.25, 0.3) is 16.7 Å². The number of piperazine rings is 1. The van der Waals surface area contributed by atoms with Gasteiger partial charge in [-0.25, -0.2) is 14.1 Å². The summed E-state index contributed by atoms with van der Waals surface area (Å²) < 4.78 is 16.1. The monoisotopic (exact) mass is 491 g/mol. The average Bonchev–Trinajstić information content (AvgIpc) is 3.57. The summed E-state index contributed by atoms with van der Waals surface area (Å²) in [6.45, 7) is 3.50. The molecule has 3 aromatic rings. The van der Waals surface area contributed by atoms with Crippen molar-refractivity contribution in [1.82, 2.24) is 34.8 Å². The van der Waals surface area contributed by atoms with Crippen molar-refractivity contribution >= 4 is 28.5 Å². The lowest BCUT2D eigenvalue weighted by atomic mass is 9.50. The lowest BCUT2D eigenvalue weighted by Gasteiger charge is -2.55. The van der Waals surface area contributed by atoms with Crippen LogP contribution in [-0.4, -0.2) is 78.5 Å². The number of Topliss-reactive ketones (excluding diaryl/α,β-unsaturated/α-hetero) is 1. The number of carbonyl (C=O) groups is 3. The van der Waals surface area contributed by atoms with Crippen LogP contribution in [0.15, 0.2) is 24.8 Å². The van der Waals surface area contributed by atoms with Gasteiger partial charge in [0.25, 0.3) is 11.7 Å². The third-order valence-corrected chi connectivity index (χ3v) is 9.28. The molecular weight excluding hydrogens is 465 g/mol. The van der Waals surface area contributed by atoms with Gasteiger partial charge >= 0.3 is 0 Å². The Hall–Kier alpha value is -3.63. The summed E-state index contributed by atoms with van der Waals surface area (Å²) in [6.07, 6.45) is 8.77. The number of H-pyrrole nitrogens is 1. The van der Waals surface area contributed by atoms with E-state index in [-0.39, 0.29) is 46.7 Å². The Labute approximate surface area is 205 Å². The molecule has 2 amide bonds. The number of aromatic amines is 1. The topological polar surface area (TPSA) is 117 Å². The molecule has 3 aromatic heterocycles. The van der Waals surface area contributed by atoms with Crippen molar-refractivity contribution in [3.05, 3.63) is 36.2 Å². The molecule has 0 aromatic carbocycles. The normalized spacial score (nSPS) is 30.6. The Morgan fingerprint density at radius 1 is 1.11 bits per heavy atom. The fourth-order valence-corrected chi connectivity index (χ4v) is 7.44. The second kappa shape index (κ2) is 7.44. The van der Waals surface area contributed by atoms with Crippen LogP contribution in [0, 0.1) is 34.9 Å². The molecule has 4 fully saturated rings. The Morgan fingerprint density at radius 3 is 2.58 bits per heavy atom. The number of carbonyl (C=O) groups excluding carboxylic acids is 3. The summed E-state index contributed by atoms with van der Waals surface area (Å²) in [5, 5.41) is 7.60. The van der Waals surface area contributed by atoms with Crippen molar-refractivity contribution < 1.29 is 18.8 Å². The highest BCUT2D eigenvalue weighted by Crippen LogP contribution is 2.72.